The lowest BCUT2D eigenvalue weighted by Gasteiger charge is -2.07. The molecule has 0 N–H and O–H groups in total. The Kier molecular flexibility index (Phi) is 2.90. The Balaban J connectivity index is 2.00. The number of carbonyl (C=O) groups is 1. The van der Waals surface area contributed by atoms with Crippen LogP contribution in [-0.2, 0) is 0 Å². The average molecular weight is 284 g/mol. The van der Waals surface area contributed by atoms with Crippen molar-refractivity contribution in [3.8, 4) is 0 Å². The fourth-order valence-electron chi connectivity index (χ4n) is 2.69. The van der Waals surface area contributed by atoms with Gasteiger partial charge in [0.25, 0.3) is 0 Å². The van der Waals surface area contributed by atoms with Crippen LogP contribution in [0, 0.1) is 0 Å². The van der Waals surface area contributed by atoms with Crippen molar-refractivity contribution >= 4 is 27.5 Å². The Labute approximate surface area is 127 Å². The van der Waals surface area contributed by atoms with Crippen LogP contribution in [0.25, 0.3) is 21.7 Å². The molecule has 3 heteroatoms. The van der Waals surface area contributed by atoms with E-state index in [0.29, 0.717) is 11.3 Å². The zero-order valence-corrected chi connectivity index (χ0v) is 11.7. The van der Waals surface area contributed by atoms with Crippen molar-refractivity contribution in [2.24, 2.45) is 0 Å². The van der Waals surface area contributed by atoms with E-state index >= 15 is 0 Å². The van der Waals surface area contributed by atoms with Gasteiger partial charge in [0.1, 0.15) is 5.69 Å². The normalized spacial score (nSPS) is 10.9. The van der Waals surface area contributed by atoms with Crippen LogP contribution in [0.4, 0.5) is 0 Å². The van der Waals surface area contributed by atoms with Crippen LogP contribution < -0.4 is 0 Å². The molecule has 0 radical (unpaired) electrons. The van der Waals surface area contributed by atoms with Gasteiger partial charge in [-0.2, -0.15) is 0 Å². The van der Waals surface area contributed by atoms with Gasteiger partial charge in [0, 0.05) is 28.7 Å². The molecule has 2 aromatic carbocycles. The van der Waals surface area contributed by atoms with E-state index in [0.717, 1.165) is 21.7 Å². The number of aromatic nitrogens is 2. The number of rotatable bonds is 2. The van der Waals surface area contributed by atoms with Gasteiger partial charge in [-0.05, 0) is 17.5 Å². The molecular formula is C19H12N2O. The highest BCUT2D eigenvalue weighted by molar-refractivity contribution is 6.18. The van der Waals surface area contributed by atoms with Crippen molar-refractivity contribution in [2.45, 2.75) is 0 Å². The monoisotopic (exact) mass is 284 g/mol. The summed E-state index contributed by atoms with van der Waals surface area (Å²) < 4.78 is 0. The first-order chi connectivity index (χ1) is 10.8. The first kappa shape index (κ1) is 12.7. The van der Waals surface area contributed by atoms with E-state index in [1.807, 2.05) is 48.5 Å². The Morgan fingerprint density at radius 1 is 0.727 bits per heavy atom. The van der Waals surface area contributed by atoms with Gasteiger partial charge in [-0.1, -0.05) is 48.5 Å². The summed E-state index contributed by atoms with van der Waals surface area (Å²) >= 11 is 0. The van der Waals surface area contributed by atoms with E-state index < -0.39 is 0 Å². The number of carbonyl (C=O) groups excluding carboxylic acids is 1. The van der Waals surface area contributed by atoms with Crippen LogP contribution in [-0.4, -0.2) is 15.8 Å². The molecular weight excluding hydrogens is 272 g/mol. The third kappa shape index (κ3) is 1.95. The van der Waals surface area contributed by atoms with Crippen molar-refractivity contribution in [1.82, 2.24) is 9.97 Å². The Bertz CT molecular complexity index is 994. The van der Waals surface area contributed by atoms with E-state index in [4.69, 9.17) is 0 Å². The molecule has 0 fully saturated rings. The lowest BCUT2D eigenvalue weighted by molar-refractivity contribution is 0.103. The van der Waals surface area contributed by atoms with Crippen LogP contribution in [0.3, 0.4) is 0 Å². The van der Waals surface area contributed by atoms with Gasteiger partial charge < -0.3 is 0 Å². The Hall–Kier alpha value is -3.07. The molecule has 0 aliphatic carbocycles. The third-order valence-corrected chi connectivity index (χ3v) is 3.77. The maximum absolute atomic E-state index is 12.7. The summed E-state index contributed by atoms with van der Waals surface area (Å²) in [4.78, 5) is 21.5. The molecule has 4 aromatic rings. The number of benzene rings is 2. The fourth-order valence-corrected chi connectivity index (χ4v) is 2.69. The summed E-state index contributed by atoms with van der Waals surface area (Å²) in [5, 5.41) is 2.82. The predicted molar refractivity (Wildman–Crippen MR) is 86.9 cm³/mol. The van der Waals surface area contributed by atoms with Crippen molar-refractivity contribution in [3.63, 3.8) is 0 Å². The summed E-state index contributed by atoms with van der Waals surface area (Å²) in [5.41, 5.74) is 2.00. The Morgan fingerprint density at radius 2 is 1.50 bits per heavy atom. The molecule has 0 saturated heterocycles. The first-order valence-electron chi connectivity index (χ1n) is 7.07. The van der Waals surface area contributed by atoms with Gasteiger partial charge in [-0.3, -0.25) is 14.8 Å². The van der Waals surface area contributed by atoms with Crippen LogP contribution in [0.15, 0.2) is 73.1 Å². The SMILES string of the molecule is O=C(c1ccccc1)c1nccc2c1cnc1ccccc12. The molecule has 0 amide bonds. The van der Waals surface area contributed by atoms with Crippen LogP contribution in [0.5, 0.6) is 0 Å². The number of hydrogen-bond acceptors (Lipinski definition) is 3. The molecule has 22 heavy (non-hydrogen) atoms. The second kappa shape index (κ2) is 5.04. The lowest BCUT2D eigenvalue weighted by Crippen LogP contribution is -2.05. The summed E-state index contributed by atoms with van der Waals surface area (Å²) in [6.07, 6.45) is 3.42. The third-order valence-electron chi connectivity index (χ3n) is 3.77. The van der Waals surface area contributed by atoms with Crippen LogP contribution in [0.1, 0.15) is 16.1 Å². The maximum atomic E-state index is 12.7. The molecule has 0 unspecified atom stereocenters. The smallest absolute Gasteiger partial charge is 0.212 e. The average Bonchev–Trinajstić information content (AvgIpc) is 2.61. The number of fused-ring (bicyclic) bond motifs is 3. The van der Waals surface area contributed by atoms with Crippen molar-refractivity contribution in [3.05, 3.63) is 84.3 Å². The minimum absolute atomic E-state index is 0.0803. The molecule has 0 bridgehead atoms. The molecule has 0 atom stereocenters. The largest absolute Gasteiger partial charge is 0.287 e. The summed E-state index contributed by atoms with van der Waals surface area (Å²) in [6.45, 7) is 0. The number of para-hydroxylation sites is 1. The number of pyridine rings is 2. The maximum Gasteiger partial charge on any atom is 0.212 e. The fraction of sp³-hybridized carbons (Fsp3) is 0. The molecule has 0 saturated carbocycles. The van der Waals surface area contributed by atoms with Crippen LogP contribution in [0.2, 0.25) is 0 Å². The van der Waals surface area contributed by atoms with Crippen molar-refractivity contribution in [2.75, 3.05) is 0 Å². The zero-order chi connectivity index (χ0) is 14.9. The second-order valence-electron chi connectivity index (χ2n) is 5.09. The van der Waals surface area contributed by atoms with E-state index in [9.17, 15) is 4.79 Å². The van der Waals surface area contributed by atoms with Gasteiger partial charge in [0.2, 0.25) is 5.78 Å². The van der Waals surface area contributed by atoms with Gasteiger partial charge in [-0.25, -0.2) is 0 Å². The highest BCUT2D eigenvalue weighted by atomic mass is 16.1. The first-order valence-corrected chi connectivity index (χ1v) is 7.07. The minimum Gasteiger partial charge on any atom is -0.287 e. The standard InChI is InChI=1S/C19H12N2O/c22-19(13-6-2-1-3-7-13)18-16-12-21-17-9-5-4-8-15(17)14(16)10-11-20-18/h1-12H. The second-order valence-corrected chi connectivity index (χ2v) is 5.09. The quantitative estimate of drug-likeness (QED) is 0.412. The molecule has 2 heterocycles. The highest BCUT2D eigenvalue weighted by Gasteiger charge is 2.15. The molecule has 104 valence electrons. The molecule has 0 aliphatic rings. The van der Waals surface area contributed by atoms with E-state index in [1.54, 1.807) is 24.5 Å². The topological polar surface area (TPSA) is 42.9 Å². The molecule has 0 aliphatic heterocycles. The number of ketones is 1. The van der Waals surface area contributed by atoms with Gasteiger partial charge in [-0.15, -0.1) is 0 Å². The van der Waals surface area contributed by atoms with E-state index in [2.05, 4.69) is 9.97 Å². The van der Waals surface area contributed by atoms with Gasteiger partial charge in [0.15, 0.2) is 0 Å². The van der Waals surface area contributed by atoms with Crippen LogP contribution >= 0.6 is 0 Å². The predicted octanol–water partition coefficient (Wildman–Crippen LogP) is 4.01. The highest BCUT2D eigenvalue weighted by Crippen LogP contribution is 2.25. The molecule has 4 rings (SSSR count). The van der Waals surface area contributed by atoms with Gasteiger partial charge >= 0.3 is 0 Å². The Morgan fingerprint density at radius 3 is 2.36 bits per heavy atom. The van der Waals surface area contributed by atoms with Crippen molar-refractivity contribution in [1.29, 1.82) is 0 Å². The summed E-state index contributed by atoms with van der Waals surface area (Å²) in [5.74, 6) is -0.0803. The van der Waals surface area contributed by atoms with E-state index in [-0.39, 0.29) is 5.78 Å². The molecule has 2 aromatic heterocycles. The lowest BCUT2D eigenvalue weighted by atomic mass is 10.0. The zero-order valence-electron chi connectivity index (χ0n) is 11.7. The summed E-state index contributed by atoms with van der Waals surface area (Å²) in [7, 11) is 0. The number of hydrogen-bond donors (Lipinski definition) is 0. The van der Waals surface area contributed by atoms with Gasteiger partial charge in [0.05, 0.1) is 5.52 Å². The molecule has 3 nitrogen and oxygen atoms in total. The van der Waals surface area contributed by atoms with E-state index in [1.165, 1.54) is 0 Å². The summed E-state index contributed by atoms with van der Waals surface area (Å²) in [6, 6.07) is 19.0. The minimum atomic E-state index is -0.0803. The van der Waals surface area contributed by atoms with Crippen molar-refractivity contribution < 1.29 is 4.79 Å². The molecule has 0 spiro atoms. The number of nitrogens with zero attached hydrogens (tertiary/aromatic N) is 2.